The summed E-state index contributed by atoms with van der Waals surface area (Å²) in [5.74, 6) is 3.90. The Morgan fingerprint density at radius 1 is 1.30 bits per heavy atom. The second-order valence-corrected chi connectivity index (χ2v) is 6.28. The number of nitrogens with zero attached hydrogens (tertiary/aromatic N) is 3. The standard InChI is InChI=1S/C18H22N4O/c1-2-17-20-21-18-8-7-13(12-22(17)18)10-19-11-15-9-14-5-3-4-6-16(14)23-15/h3-6,9,13,19H,2,7-8,10-12H2,1H3/t13-/m0/s1. The number of para-hydroxylation sites is 1. The maximum Gasteiger partial charge on any atom is 0.134 e. The van der Waals surface area contributed by atoms with E-state index in [1.807, 2.05) is 18.2 Å². The van der Waals surface area contributed by atoms with Gasteiger partial charge >= 0.3 is 0 Å². The van der Waals surface area contributed by atoms with Crippen molar-refractivity contribution >= 4 is 11.0 Å². The zero-order chi connectivity index (χ0) is 15.6. The van der Waals surface area contributed by atoms with Crippen LogP contribution >= 0.6 is 0 Å². The lowest BCUT2D eigenvalue weighted by Gasteiger charge is -2.24. The van der Waals surface area contributed by atoms with Gasteiger partial charge in [-0.15, -0.1) is 10.2 Å². The van der Waals surface area contributed by atoms with E-state index in [9.17, 15) is 0 Å². The molecule has 5 heteroatoms. The molecule has 1 aromatic carbocycles. The largest absolute Gasteiger partial charge is 0.460 e. The monoisotopic (exact) mass is 310 g/mol. The fourth-order valence-corrected chi connectivity index (χ4v) is 3.40. The number of furan rings is 1. The van der Waals surface area contributed by atoms with Crippen LogP contribution in [0.25, 0.3) is 11.0 Å². The zero-order valence-electron chi connectivity index (χ0n) is 13.5. The summed E-state index contributed by atoms with van der Waals surface area (Å²) in [6, 6.07) is 10.3. The van der Waals surface area contributed by atoms with Gasteiger partial charge < -0.3 is 14.3 Å². The van der Waals surface area contributed by atoms with E-state index < -0.39 is 0 Å². The molecule has 23 heavy (non-hydrogen) atoms. The fourth-order valence-electron chi connectivity index (χ4n) is 3.40. The van der Waals surface area contributed by atoms with Crippen molar-refractivity contribution in [2.45, 2.75) is 39.3 Å². The Bertz CT molecular complexity index is 758. The smallest absolute Gasteiger partial charge is 0.134 e. The van der Waals surface area contributed by atoms with Crippen LogP contribution in [0.3, 0.4) is 0 Å². The highest BCUT2D eigenvalue weighted by Gasteiger charge is 2.21. The molecule has 0 bridgehead atoms. The molecule has 120 valence electrons. The highest BCUT2D eigenvalue weighted by molar-refractivity contribution is 5.77. The summed E-state index contributed by atoms with van der Waals surface area (Å²) >= 11 is 0. The van der Waals surface area contributed by atoms with E-state index in [0.29, 0.717) is 5.92 Å². The Labute approximate surface area is 135 Å². The van der Waals surface area contributed by atoms with Gasteiger partial charge in [0.2, 0.25) is 0 Å². The number of benzene rings is 1. The minimum absolute atomic E-state index is 0.633. The van der Waals surface area contributed by atoms with Crippen LogP contribution in [0.5, 0.6) is 0 Å². The second-order valence-electron chi connectivity index (χ2n) is 6.28. The zero-order valence-corrected chi connectivity index (χ0v) is 13.5. The Morgan fingerprint density at radius 3 is 3.09 bits per heavy atom. The molecule has 0 aliphatic carbocycles. The second kappa shape index (κ2) is 6.16. The Balaban J connectivity index is 1.35. The molecule has 1 aliphatic heterocycles. The Hall–Kier alpha value is -2.14. The predicted octanol–water partition coefficient (Wildman–Crippen LogP) is 2.94. The first-order valence-corrected chi connectivity index (χ1v) is 8.42. The topological polar surface area (TPSA) is 55.9 Å². The van der Waals surface area contributed by atoms with E-state index in [2.05, 4.69) is 39.1 Å². The summed E-state index contributed by atoms with van der Waals surface area (Å²) < 4.78 is 8.15. The summed E-state index contributed by atoms with van der Waals surface area (Å²) in [7, 11) is 0. The third-order valence-electron chi connectivity index (χ3n) is 4.65. The van der Waals surface area contributed by atoms with Gasteiger partial charge in [0.05, 0.1) is 6.54 Å². The third kappa shape index (κ3) is 2.88. The van der Waals surface area contributed by atoms with Crippen molar-refractivity contribution in [2.24, 2.45) is 5.92 Å². The lowest BCUT2D eigenvalue weighted by Crippen LogP contribution is -2.30. The van der Waals surface area contributed by atoms with E-state index in [4.69, 9.17) is 4.42 Å². The summed E-state index contributed by atoms with van der Waals surface area (Å²) in [4.78, 5) is 0. The first-order valence-electron chi connectivity index (χ1n) is 8.42. The van der Waals surface area contributed by atoms with Gasteiger partial charge in [-0.3, -0.25) is 0 Å². The van der Waals surface area contributed by atoms with Crippen molar-refractivity contribution in [1.82, 2.24) is 20.1 Å². The van der Waals surface area contributed by atoms with Crippen LogP contribution in [0.15, 0.2) is 34.7 Å². The number of hydrogen-bond acceptors (Lipinski definition) is 4. The molecule has 3 heterocycles. The van der Waals surface area contributed by atoms with Gasteiger partial charge in [0, 0.05) is 31.3 Å². The molecule has 1 atom stereocenters. The van der Waals surface area contributed by atoms with Gasteiger partial charge in [0.1, 0.15) is 23.0 Å². The summed E-state index contributed by atoms with van der Waals surface area (Å²) in [6.07, 6.45) is 3.16. The molecular formula is C18H22N4O. The van der Waals surface area contributed by atoms with Crippen molar-refractivity contribution in [3.8, 4) is 0 Å². The molecule has 0 fully saturated rings. The van der Waals surface area contributed by atoms with E-state index in [1.165, 1.54) is 11.8 Å². The normalized spacial score (nSPS) is 17.5. The molecule has 5 nitrogen and oxygen atoms in total. The summed E-state index contributed by atoms with van der Waals surface area (Å²) in [5, 5.41) is 13.3. The van der Waals surface area contributed by atoms with Crippen molar-refractivity contribution in [3.63, 3.8) is 0 Å². The average Bonchev–Trinajstić information content (AvgIpc) is 3.17. The van der Waals surface area contributed by atoms with Gasteiger partial charge in [-0.1, -0.05) is 25.1 Å². The molecule has 0 radical (unpaired) electrons. The number of aryl methyl sites for hydroxylation is 2. The molecule has 0 saturated heterocycles. The first-order chi connectivity index (χ1) is 11.3. The lowest BCUT2D eigenvalue weighted by molar-refractivity contribution is 0.338. The average molecular weight is 310 g/mol. The number of rotatable bonds is 5. The third-order valence-corrected chi connectivity index (χ3v) is 4.65. The highest BCUT2D eigenvalue weighted by Crippen LogP contribution is 2.21. The summed E-state index contributed by atoms with van der Waals surface area (Å²) in [5.41, 5.74) is 0.962. The van der Waals surface area contributed by atoms with E-state index in [0.717, 1.165) is 55.5 Å². The molecule has 1 aliphatic rings. The Morgan fingerprint density at radius 2 is 2.22 bits per heavy atom. The van der Waals surface area contributed by atoms with E-state index >= 15 is 0 Å². The maximum absolute atomic E-state index is 5.85. The van der Waals surface area contributed by atoms with Gasteiger partial charge in [0.25, 0.3) is 0 Å². The van der Waals surface area contributed by atoms with E-state index in [-0.39, 0.29) is 0 Å². The van der Waals surface area contributed by atoms with Gasteiger partial charge in [-0.2, -0.15) is 0 Å². The van der Waals surface area contributed by atoms with Crippen LogP contribution in [0.2, 0.25) is 0 Å². The van der Waals surface area contributed by atoms with Crippen LogP contribution in [-0.2, 0) is 25.9 Å². The highest BCUT2D eigenvalue weighted by atomic mass is 16.3. The summed E-state index contributed by atoms with van der Waals surface area (Å²) in [6.45, 7) is 4.94. The molecule has 1 N–H and O–H groups in total. The van der Waals surface area contributed by atoms with Crippen LogP contribution in [-0.4, -0.2) is 21.3 Å². The molecule has 0 saturated carbocycles. The van der Waals surface area contributed by atoms with Gasteiger partial charge in [-0.25, -0.2) is 0 Å². The van der Waals surface area contributed by atoms with Crippen molar-refractivity contribution in [3.05, 3.63) is 47.7 Å². The minimum Gasteiger partial charge on any atom is -0.460 e. The fraction of sp³-hybridized carbons (Fsp3) is 0.444. The minimum atomic E-state index is 0.633. The number of aromatic nitrogens is 3. The van der Waals surface area contributed by atoms with Crippen molar-refractivity contribution in [1.29, 1.82) is 0 Å². The number of nitrogens with one attached hydrogen (secondary N) is 1. The first kappa shape index (κ1) is 14.5. The predicted molar refractivity (Wildman–Crippen MR) is 89.1 cm³/mol. The number of fused-ring (bicyclic) bond motifs is 2. The molecule has 4 rings (SSSR count). The SMILES string of the molecule is CCc1nnc2n1C[C@H](CNCc1cc3ccccc3o1)CC2. The van der Waals surface area contributed by atoms with Crippen molar-refractivity contribution in [2.75, 3.05) is 6.54 Å². The number of hydrogen-bond donors (Lipinski definition) is 1. The molecule has 3 aromatic rings. The van der Waals surface area contributed by atoms with Crippen LogP contribution in [0.1, 0.15) is 30.8 Å². The van der Waals surface area contributed by atoms with E-state index in [1.54, 1.807) is 0 Å². The molecule has 0 amide bonds. The molecule has 0 spiro atoms. The van der Waals surface area contributed by atoms with Gasteiger partial charge in [-0.05, 0) is 24.5 Å². The molecule has 2 aromatic heterocycles. The Kier molecular flexibility index (Phi) is 3.87. The quantitative estimate of drug-likeness (QED) is 0.787. The van der Waals surface area contributed by atoms with Crippen LogP contribution < -0.4 is 5.32 Å². The van der Waals surface area contributed by atoms with Crippen LogP contribution in [0, 0.1) is 5.92 Å². The maximum atomic E-state index is 5.85. The molecular weight excluding hydrogens is 288 g/mol. The van der Waals surface area contributed by atoms with Crippen molar-refractivity contribution < 1.29 is 4.42 Å². The van der Waals surface area contributed by atoms with Crippen LogP contribution in [0.4, 0.5) is 0 Å². The van der Waals surface area contributed by atoms with Gasteiger partial charge in [0.15, 0.2) is 0 Å². The lowest BCUT2D eigenvalue weighted by atomic mass is 9.99. The molecule has 0 unspecified atom stereocenters.